The number of hydrogen-bond acceptors (Lipinski definition) is 2. The van der Waals surface area contributed by atoms with Crippen LogP contribution in [0.4, 0.5) is 26.7 Å². The number of hydrogen-bond donors (Lipinski definition) is 1. The molecule has 0 aliphatic rings. The molecule has 0 bridgehead atoms. The van der Waals surface area contributed by atoms with Crippen LogP contribution in [-0.4, -0.2) is 23.5 Å². The summed E-state index contributed by atoms with van der Waals surface area (Å²) in [5, 5.41) is 7.58. The van der Waals surface area contributed by atoms with Gasteiger partial charge < -0.3 is 9.84 Å². The molecular weight excluding hydrogens is 191 g/mol. The maximum atomic E-state index is 11.8. The third-order valence-corrected chi connectivity index (χ3v) is 0.643. The molecule has 8 heteroatoms. The highest BCUT2D eigenvalue weighted by molar-refractivity contribution is 5.57. The fourth-order valence-corrected chi connectivity index (χ4v) is 0.397. The molecule has 0 unspecified atom stereocenters. The average molecular weight is 194 g/mol. The lowest BCUT2D eigenvalue weighted by molar-refractivity contribution is -0.271. The van der Waals surface area contributed by atoms with Crippen molar-refractivity contribution in [3.05, 3.63) is 0 Å². The molecule has 0 atom stereocenters. The highest BCUT2D eigenvalue weighted by atomic mass is 19.4. The van der Waals surface area contributed by atoms with Crippen LogP contribution in [0.25, 0.3) is 0 Å². The minimum Gasteiger partial charge on any atom is -0.450 e. The van der Waals surface area contributed by atoms with E-state index in [0.29, 0.717) is 0 Å². The Balaban J connectivity index is 4.13. The molecule has 0 aromatic carbocycles. The second-order valence-corrected chi connectivity index (χ2v) is 1.80. The van der Waals surface area contributed by atoms with Crippen LogP contribution < -0.4 is 0 Å². The van der Waals surface area contributed by atoms with E-state index in [9.17, 15) is 26.7 Å². The van der Waals surface area contributed by atoms with E-state index >= 15 is 0 Å². The topological polar surface area (TPSA) is 46.5 Å². The lowest BCUT2D eigenvalue weighted by Gasteiger charge is -2.15. The third kappa shape index (κ3) is 5.69. The summed E-state index contributed by atoms with van der Waals surface area (Å²) in [6.45, 7) is 0. The zero-order valence-electron chi connectivity index (χ0n) is 5.36. The zero-order chi connectivity index (χ0) is 9.99. The largest absolute Gasteiger partial charge is 0.510 e. The predicted molar refractivity (Wildman–Crippen MR) is 24.7 cm³/mol. The average Bonchev–Trinajstić information content (AvgIpc) is 1.48. The number of alkyl halides is 5. The van der Waals surface area contributed by atoms with Crippen LogP contribution >= 0.6 is 0 Å². The molecule has 0 amide bonds. The second kappa shape index (κ2) is 3.11. The van der Waals surface area contributed by atoms with Crippen LogP contribution in [-0.2, 0) is 4.74 Å². The molecule has 0 aliphatic carbocycles. The van der Waals surface area contributed by atoms with Crippen LogP contribution in [0, 0.1) is 0 Å². The first-order valence-electron chi connectivity index (χ1n) is 2.49. The maximum Gasteiger partial charge on any atom is 0.510 e. The highest BCUT2D eigenvalue weighted by Gasteiger charge is 2.47. The number of carboxylic acid groups (broad SMARTS) is 1. The van der Waals surface area contributed by atoms with Gasteiger partial charge in [-0.1, -0.05) is 0 Å². The Bertz CT molecular complexity index is 174. The molecule has 0 heterocycles. The molecule has 0 saturated carbocycles. The molecule has 0 aromatic heterocycles. The summed E-state index contributed by atoms with van der Waals surface area (Å²) in [5.74, 6) is 0. The first kappa shape index (κ1) is 10.9. The molecule has 0 aliphatic heterocycles. The summed E-state index contributed by atoms with van der Waals surface area (Å²) in [4.78, 5) is 9.43. The van der Waals surface area contributed by atoms with Gasteiger partial charge in [-0.05, 0) is 0 Å². The van der Waals surface area contributed by atoms with E-state index in [2.05, 4.69) is 4.74 Å². The number of ether oxygens (including phenoxy) is 1. The molecular formula is C4H3F5O3. The van der Waals surface area contributed by atoms with Crippen LogP contribution in [0.15, 0.2) is 0 Å². The van der Waals surface area contributed by atoms with Crippen molar-refractivity contribution in [1.29, 1.82) is 0 Å². The van der Waals surface area contributed by atoms with Crippen molar-refractivity contribution >= 4 is 6.16 Å². The van der Waals surface area contributed by atoms with Gasteiger partial charge in [0.15, 0.2) is 0 Å². The minimum absolute atomic E-state index is 2.45. The van der Waals surface area contributed by atoms with Crippen molar-refractivity contribution < 1.29 is 36.6 Å². The van der Waals surface area contributed by atoms with E-state index in [0.717, 1.165) is 0 Å². The summed E-state index contributed by atoms with van der Waals surface area (Å²) >= 11 is 0. The van der Waals surface area contributed by atoms with Gasteiger partial charge in [-0.25, -0.2) is 4.79 Å². The van der Waals surface area contributed by atoms with E-state index in [1.165, 1.54) is 0 Å². The maximum absolute atomic E-state index is 11.8. The van der Waals surface area contributed by atoms with Crippen molar-refractivity contribution in [3.63, 3.8) is 0 Å². The summed E-state index contributed by atoms with van der Waals surface area (Å²) in [5.41, 5.74) is 0. The summed E-state index contributed by atoms with van der Waals surface area (Å²) in [6, 6.07) is 0. The van der Waals surface area contributed by atoms with Crippen LogP contribution in [0.1, 0.15) is 6.42 Å². The van der Waals surface area contributed by atoms with Crippen LogP contribution in [0.2, 0.25) is 0 Å². The molecule has 0 aromatic rings. The summed E-state index contributed by atoms with van der Waals surface area (Å²) in [6.07, 6.45) is -15.0. The SMILES string of the molecule is O=C(O)OC(F)(F)CC(F)(F)F. The number of halogens is 5. The predicted octanol–water partition coefficient (Wildman–Crippen LogP) is 2.23. The highest BCUT2D eigenvalue weighted by Crippen LogP contribution is 2.32. The van der Waals surface area contributed by atoms with Crippen molar-refractivity contribution in [2.75, 3.05) is 0 Å². The Kier molecular flexibility index (Phi) is 2.83. The normalized spacial score (nSPS) is 12.8. The summed E-state index contributed by atoms with van der Waals surface area (Å²) in [7, 11) is 0. The standard InChI is InChI=1S/C4H3F5O3/c5-3(6,7)1-4(8,9)12-2(10)11/h1H2,(H,10,11). The Morgan fingerprint density at radius 1 is 1.25 bits per heavy atom. The molecule has 1 N–H and O–H groups in total. The molecule has 0 fully saturated rings. The van der Waals surface area contributed by atoms with E-state index in [-0.39, 0.29) is 0 Å². The van der Waals surface area contributed by atoms with E-state index in [1.54, 1.807) is 0 Å². The van der Waals surface area contributed by atoms with Crippen molar-refractivity contribution in [2.24, 2.45) is 0 Å². The Hall–Kier alpha value is -1.08. The van der Waals surface area contributed by atoms with Gasteiger partial charge in [-0.15, -0.1) is 0 Å². The van der Waals surface area contributed by atoms with Gasteiger partial charge in [0, 0.05) is 0 Å². The minimum atomic E-state index is -5.17. The molecule has 72 valence electrons. The van der Waals surface area contributed by atoms with Gasteiger partial charge in [-0.2, -0.15) is 22.0 Å². The third-order valence-electron chi connectivity index (χ3n) is 0.643. The molecule has 0 rings (SSSR count). The number of carbonyl (C=O) groups is 1. The van der Waals surface area contributed by atoms with Gasteiger partial charge in [0.2, 0.25) is 0 Å². The first-order valence-corrected chi connectivity index (χ1v) is 2.49. The van der Waals surface area contributed by atoms with Gasteiger partial charge >= 0.3 is 18.4 Å². The monoisotopic (exact) mass is 194 g/mol. The Morgan fingerprint density at radius 2 is 1.67 bits per heavy atom. The lowest BCUT2D eigenvalue weighted by Crippen LogP contribution is -2.30. The van der Waals surface area contributed by atoms with E-state index in [4.69, 9.17) is 5.11 Å². The summed E-state index contributed by atoms with van der Waals surface area (Å²) < 4.78 is 60.1. The lowest BCUT2D eigenvalue weighted by atomic mass is 10.4. The zero-order valence-corrected chi connectivity index (χ0v) is 5.36. The first-order chi connectivity index (χ1) is 5.12. The van der Waals surface area contributed by atoms with Crippen molar-refractivity contribution in [1.82, 2.24) is 0 Å². The second-order valence-electron chi connectivity index (χ2n) is 1.80. The molecule has 3 nitrogen and oxygen atoms in total. The van der Waals surface area contributed by atoms with Gasteiger partial charge in [0.05, 0.1) is 0 Å². The fourth-order valence-electron chi connectivity index (χ4n) is 0.397. The number of rotatable bonds is 2. The molecule has 12 heavy (non-hydrogen) atoms. The van der Waals surface area contributed by atoms with Crippen molar-refractivity contribution in [2.45, 2.75) is 18.7 Å². The van der Waals surface area contributed by atoms with Crippen LogP contribution in [0.5, 0.6) is 0 Å². The van der Waals surface area contributed by atoms with Gasteiger partial charge in [0.1, 0.15) is 6.42 Å². The van der Waals surface area contributed by atoms with Gasteiger partial charge in [-0.3, -0.25) is 0 Å². The van der Waals surface area contributed by atoms with Crippen LogP contribution in [0.3, 0.4) is 0 Å². The molecule has 0 spiro atoms. The van der Waals surface area contributed by atoms with E-state index in [1.807, 2.05) is 0 Å². The fraction of sp³-hybridized carbons (Fsp3) is 0.750. The quantitative estimate of drug-likeness (QED) is 0.541. The Labute approximate surface area is 62.7 Å². The van der Waals surface area contributed by atoms with Gasteiger partial charge in [0.25, 0.3) is 0 Å². The molecule has 0 radical (unpaired) electrons. The van der Waals surface area contributed by atoms with E-state index < -0.39 is 24.9 Å². The Morgan fingerprint density at radius 3 is 1.92 bits per heavy atom. The van der Waals surface area contributed by atoms with Crippen molar-refractivity contribution in [3.8, 4) is 0 Å². The smallest absolute Gasteiger partial charge is 0.450 e. The molecule has 0 saturated heterocycles.